The van der Waals surface area contributed by atoms with E-state index in [2.05, 4.69) is 273 Å². The van der Waals surface area contributed by atoms with Crippen LogP contribution in [0.2, 0.25) is 0 Å². The molecule has 1 radical (unpaired) electrons. The molecule has 9 aromatic rings. The predicted octanol–water partition coefficient (Wildman–Crippen LogP) is 11.2. The molecule has 0 bridgehead atoms. The van der Waals surface area contributed by atoms with Crippen LogP contribution in [0.25, 0.3) is 0 Å². The van der Waals surface area contributed by atoms with E-state index in [1.807, 2.05) is 0 Å². The molecule has 0 aliphatic carbocycles. The van der Waals surface area contributed by atoms with Crippen molar-refractivity contribution in [1.82, 2.24) is 0 Å². The Hall–Kier alpha value is -4.53. The summed E-state index contributed by atoms with van der Waals surface area (Å²) >= 11 is 0. The SMILES string of the molecule is Cl.Cl.[Rh].c1ccc(P(c2ccccc2)c2ccccc2)cc1.c1ccc(P(c2ccccc2)c2ccccc2)cc1.c1ccc(P(c2ccccc2)c2ccccc2)cc1. The fourth-order valence-electron chi connectivity index (χ4n) is 6.54. The van der Waals surface area contributed by atoms with Gasteiger partial charge in [0.15, 0.2) is 0 Å². The normalized spacial score (nSPS) is 10.1. The number of halogens is 2. The summed E-state index contributed by atoms with van der Waals surface area (Å²) in [6.45, 7) is 0. The molecular weight excluding hydrogens is 915 g/mol. The summed E-state index contributed by atoms with van der Waals surface area (Å²) in [6.07, 6.45) is 0. The van der Waals surface area contributed by atoms with Gasteiger partial charge in [0.05, 0.1) is 0 Å². The van der Waals surface area contributed by atoms with Gasteiger partial charge in [-0.1, -0.05) is 273 Å². The van der Waals surface area contributed by atoms with Gasteiger partial charge in [0.25, 0.3) is 0 Å². The van der Waals surface area contributed by atoms with Crippen molar-refractivity contribution in [3.63, 3.8) is 0 Å². The van der Waals surface area contributed by atoms with Crippen molar-refractivity contribution in [2.45, 2.75) is 0 Å². The predicted molar refractivity (Wildman–Crippen MR) is 270 cm³/mol. The zero-order valence-electron chi connectivity index (χ0n) is 33.0. The summed E-state index contributed by atoms with van der Waals surface area (Å²) < 4.78 is 0. The molecule has 0 aliphatic rings. The summed E-state index contributed by atoms with van der Waals surface area (Å²) in [4.78, 5) is 0. The van der Waals surface area contributed by atoms with Gasteiger partial charge in [-0.25, -0.2) is 0 Å². The molecule has 9 rings (SSSR count). The van der Waals surface area contributed by atoms with Crippen molar-refractivity contribution in [2.75, 3.05) is 0 Å². The quantitative estimate of drug-likeness (QED) is 0.0999. The van der Waals surface area contributed by atoms with Crippen molar-refractivity contribution in [3.8, 4) is 0 Å². The zero-order valence-corrected chi connectivity index (χ0v) is 38.9. The van der Waals surface area contributed by atoms with E-state index in [4.69, 9.17) is 0 Å². The monoisotopic (exact) mass is 961 g/mol. The first-order valence-electron chi connectivity index (χ1n) is 19.2. The van der Waals surface area contributed by atoms with E-state index in [1.165, 1.54) is 47.7 Å². The molecule has 0 aliphatic heterocycles. The largest absolute Gasteiger partial charge is 0.147 e. The fraction of sp³-hybridized carbons (Fsp3) is 0. The van der Waals surface area contributed by atoms with Crippen LogP contribution in [-0.4, -0.2) is 0 Å². The molecule has 0 nitrogen and oxygen atoms in total. The average molecular weight is 963 g/mol. The van der Waals surface area contributed by atoms with Crippen LogP contribution < -0.4 is 47.7 Å². The zero-order chi connectivity index (χ0) is 38.7. The molecule has 9 aromatic carbocycles. The number of benzene rings is 9. The van der Waals surface area contributed by atoms with Crippen molar-refractivity contribution in [2.24, 2.45) is 0 Å². The van der Waals surface area contributed by atoms with Gasteiger partial charge in [-0.2, -0.15) is 0 Å². The third-order valence-electron chi connectivity index (χ3n) is 9.13. The molecule has 0 spiro atoms. The van der Waals surface area contributed by atoms with Crippen LogP contribution >= 0.6 is 48.6 Å². The van der Waals surface area contributed by atoms with Crippen LogP contribution in [0, 0.1) is 0 Å². The maximum absolute atomic E-state index is 2.23. The molecule has 60 heavy (non-hydrogen) atoms. The third kappa shape index (κ3) is 13.8. The van der Waals surface area contributed by atoms with Crippen LogP contribution in [0.15, 0.2) is 273 Å². The first kappa shape index (κ1) is 48.1. The topological polar surface area (TPSA) is 0 Å². The summed E-state index contributed by atoms with van der Waals surface area (Å²) in [5.74, 6) is 0. The minimum atomic E-state index is -0.446. The van der Waals surface area contributed by atoms with Gasteiger partial charge < -0.3 is 0 Å². The van der Waals surface area contributed by atoms with Gasteiger partial charge in [-0.05, 0) is 71.5 Å². The number of hydrogen-bond donors (Lipinski definition) is 0. The van der Waals surface area contributed by atoms with Crippen molar-refractivity contribution >= 4 is 96.3 Å². The molecule has 0 aromatic heterocycles. The second kappa shape index (κ2) is 26.6. The molecule has 0 amide bonds. The van der Waals surface area contributed by atoms with Crippen LogP contribution in [-0.2, 0) is 19.5 Å². The first-order chi connectivity index (χ1) is 28.3. The van der Waals surface area contributed by atoms with Crippen molar-refractivity contribution in [3.05, 3.63) is 273 Å². The Bertz CT molecular complexity index is 1870. The Balaban J connectivity index is 0.000000194. The van der Waals surface area contributed by atoms with Gasteiger partial charge in [-0.3, -0.25) is 0 Å². The Morgan fingerprint density at radius 1 is 0.150 bits per heavy atom. The van der Waals surface area contributed by atoms with Gasteiger partial charge in [0.2, 0.25) is 0 Å². The minimum Gasteiger partial charge on any atom is -0.147 e. The maximum Gasteiger partial charge on any atom is 0 e. The standard InChI is InChI=1S/3C18H15P.2ClH.Rh/c3*1-4-10-16(11-5-1)19(17-12-6-2-7-13-17)18-14-8-3-9-15-18;;;/h3*1-15H;2*1H;. The summed E-state index contributed by atoms with van der Waals surface area (Å²) in [5.41, 5.74) is 0. The molecular formula is C54H47Cl2P3Rh. The molecule has 0 saturated carbocycles. The van der Waals surface area contributed by atoms with Crippen LogP contribution in [0.1, 0.15) is 0 Å². The second-order valence-electron chi connectivity index (χ2n) is 13.0. The van der Waals surface area contributed by atoms with Gasteiger partial charge in [0, 0.05) is 19.5 Å². The smallest absolute Gasteiger partial charge is 0 e. The molecule has 6 heteroatoms. The Morgan fingerprint density at radius 3 is 0.317 bits per heavy atom. The molecule has 0 N–H and O–H groups in total. The van der Waals surface area contributed by atoms with Crippen LogP contribution in [0.5, 0.6) is 0 Å². The van der Waals surface area contributed by atoms with E-state index in [9.17, 15) is 0 Å². The van der Waals surface area contributed by atoms with Crippen molar-refractivity contribution in [1.29, 1.82) is 0 Å². The number of hydrogen-bond acceptors (Lipinski definition) is 0. The van der Waals surface area contributed by atoms with E-state index < -0.39 is 23.8 Å². The minimum absolute atomic E-state index is 0. The van der Waals surface area contributed by atoms with Gasteiger partial charge >= 0.3 is 0 Å². The summed E-state index contributed by atoms with van der Waals surface area (Å²) in [6, 6.07) is 97.0. The Kier molecular flexibility index (Phi) is 21.4. The van der Waals surface area contributed by atoms with Crippen molar-refractivity contribution < 1.29 is 19.5 Å². The molecule has 301 valence electrons. The fourth-order valence-corrected chi connectivity index (χ4v) is 13.5. The second-order valence-corrected chi connectivity index (χ2v) is 19.7. The molecule has 0 saturated heterocycles. The maximum atomic E-state index is 2.23. The van der Waals surface area contributed by atoms with E-state index in [-0.39, 0.29) is 44.3 Å². The van der Waals surface area contributed by atoms with E-state index >= 15 is 0 Å². The van der Waals surface area contributed by atoms with E-state index in [0.29, 0.717) is 0 Å². The Labute approximate surface area is 386 Å². The molecule has 0 atom stereocenters. The van der Waals surface area contributed by atoms with Crippen LogP contribution in [0.3, 0.4) is 0 Å². The summed E-state index contributed by atoms with van der Waals surface area (Å²) in [5, 5.41) is 12.6. The van der Waals surface area contributed by atoms with E-state index in [1.54, 1.807) is 0 Å². The van der Waals surface area contributed by atoms with E-state index in [0.717, 1.165) is 0 Å². The van der Waals surface area contributed by atoms with Gasteiger partial charge in [0.1, 0.15) is 0 Å². The first-order valence-corrected chi connectivity index (χ1v) is 23.2. The average Bonchev–Trinajstić information content (AvgIpc) is 3.30. The molecule has 0 fully saturated rings. The third-order valence-corrected chi connectivity index (χ3v) is 16.5. The molecule has 0 heterocycles. The summed E-state index contributed by atoms with van der Waals surface area (Å²) in [7, 11) is -1.34. The van der Waals surface area contributed by atoms with Crippen LogP contribution in [0.4, 0.5) is 0 Å². The number of rotatable bonds is 9. The van der Waals surface area contributed by atoms with Gasteiger partial charge in [-0.15, -0.1) is 24.8 Å². The Morgan fingerprint density at radius 2 is 0.233 bits per heavy atom. The molecule has 0 unspecified atom stereocenters.